The zero-order valence-corrected chi connectivity index (χ0v) is 13.5. The molecule has 22 heavy (non-hydrogen) atoms. The Bertz CT molecular complexity index is 521. The molecular weight excluding hydrogens is 274 g/mol. The fourth-order valence-corrected chi connectivity index (χ4v) is 3.10. The van der Waals surface area contributed by atoms with Gasteiger partial charge in [-0.1, -0.05) is 44.2 Å². The van der Waals surface area contributed by atoms with Crippen LogP contribution in [0.15, 0.2) is 30.3 Å². The minimum atomic E-state index is -0.00100. The number of rotatable bonds is 5. The summed E-state index contributed by atoms with van der Waals surface area (Å²) < 4.78 is 0. The molecule has 1 aromatic carbocycles. The first-order valence-electron chi connectivity index (χ1n) is 8.02. The summed E-state index contributed by atoms with van der Waals surface area (Å²) in [5.41, 5.74) is 1.32. The maximum atomic E-state index is 11.9. The summed E-state index contributed by atoms with van der Waals surface area (Å²) in [4.78, 5) is 14.1. The van der Waals surface area contributed by atoms with E-state index in [0.717, 1.165) is 25.9 Å². The largest absolute Gasteiger partial charge is 0.352 e. The Hall–Kier alpha value is -1.86. The summed E-state index contributed by atoms with van der Waals surface area (Å²) >= 11 is 0. The van der Waals surface area contributed by atoms with Crippen LogP contribution in [0, 0.1) is 23.2 Å². The highest BCUT2D eigenvalue weighted by molar-refractivity contribution is 5.78. The molecule has 0 aromatic heterocycles. The highest BCUT2D eigenvalue weighted by atomic mass is 16.1. The molecule has 1 fully saturated rings. The van der Waals surface area contributed by atoms with Crippen molar-refractivity contribution < 1.29 is 4.79 Å². The first kappa shape index (κ1) is 16.5. The Balaban J connectivity index is 2.00. The SMILES string of the molecule is CC(C)C(=O)NC1CC(Cc2ccccc2)CN(CC#N)C1. The van der Waals surface area contributed by atoms with Crippen LogP contribution >= 0.6 is 0 Å². The molecule has 2 atom stereocenters. The second-order valence-corrected chi connectivity index (χ2v) is 6.50. The third-order valence-corrected chi connectivity index (χ3v) is 4.15. The maximum absolute atomic E-state index is 11.9. The molecule has 1 N–H and O–H groups in total. The zero-order valence-electron chi connectivity index (χ0n) is 13.5. The molecule has 1 heterocycles. The number of nitrogens with zero attached hydrogens (tertiary/aromatic N) is 2. The van der Waals surface area contributed by atoms with E-state index in [1.807, 2.05) is 19.9 Å². The van der Waals surface area contributed by atoms with Gasteiger partial charge in [-0.3, -0.25) is 9.69 Å². The summed E-state index contributed by atoms with van der Waals surface area (Å²) in [5.74, 6) is 0.572. The molecule has 0 aliphatic carbocycles. The number of benzene rings is 1. The van der Waals surface area contributed by atoms with Crippen LogP contribution in [0.3, 0.4) is 0 Å². The van der Waals surface area contributed by atoms with Gasteiger partial charge in [0.1, 0.15) is 0 Å². The van der Waals surface area contributed by atoms with Crippen LogP contribution in [0.4, 0.5) is 0 Å². The van der Waals surface area contributed by atoms with Crippen molar-refractivity contribution in [2.24, 2.45) is 11.8 Å². The van der Waals surface area contributed by atoms with E-state index >= 15 is 0 Å². The molecule has 1 aliphatic rings. The molecule has 118 valence electrons. The smallest absolute Gasteiger partial charge is 0.222 e. The molecule has 4 nitrogen and oxygen atoms in total. The minimum Gasteiger partial charge on any atom is -0.352 e. The number of nitrogens with one attached hydrogen (secondary N) is 1. The standard InChI is InChI=1S/C18H25N3O/c1-14(2)18(22)20-17-11-16(12-21(13-17)9-8-19)10-15-6-4-3-5-7-15/h3-7,14,16-17H,9-13H2,1-2H3,(H,20,22). The van der Waals surface area contributed by atoms with Crippen molar-refractivity contribution in [2.45, 2.75) is 32.7 Å². The summed E-state index contributed by atoms with van der Waals surface area (Å²) in [7, 11) is 0. The van der Waals surface area contributed by atoms with Crippen molar-refractivity contribution in [1.82, 2.24) is 10.2 Å². The molecule has 1 aromatic rings. The topological polar surface area (TPSA) is 56.1 Å². The van der Waals surface area contributed by atoms with Crippen molar-refractivity contribution in [3.8, 4) is 6.07 Å². The first-order chi connectivity index (χ1) is 10.6. The number of hydrogen-bond acceptors (Lipinski definition) is 3. The fourth-order valence-electron chi connectivity index (χ4n) is 3.10. The van der Waals surface area contributed by atoms with Gasteiger partial charge in [-0.15, -0.1) is 0 Å². The van der Waals surface area contributed by atoms with Crippen molar-refractivity contribution in [3.05, 3.63) is 35.9 Å². The monoisotopic (exact) mass is 299 g/mol. The Kier molecular flexibility index (Phi) is 5.97. The fraction of sp³-hybridized carbons (Fsp3) is 0.556. The molecule has 0 bridgehead atoms. The molecule has 0 saturated carbocycles. The van der Waals surface area contributed by atoms with Gasteiger partial charge in [0.15, 0.2) is 0 Å². The van der Waals surface area contributed by atoms with Gasteiger partial charge in [0.05, 0.1) is 12.6 Å². The predicted octanol–water partition coefficient (Wildman–Crippen LogP) is 2.22. The number of carbonyl (C=O) groups is 1. The molecule has 4 heteroatoms. The Morgan fingerprint density at radius 2 is 2.09 bits per heavy atom. The van der Waals surface area contributed by atoms with Crippen LogP contribution in [0.25, 0.3) is 0 Å². The number of carbonyl (C=O) groups excluding carboxylic acids is 1. The van der Waals surface area contributed by atoms with E-state index in [-0.39, 0.29) is 17.9 Å². The molecular formula is C18H25N3O. The predicted molar refractivity (Wildman–Crippen MR) is 87.1 cm³/mol. The van der Waals surface area contributed by atoms with Crippen molar-refractivity contribution >= 4 is 5.91 Å². The molecule has 1 saturated heterocycles. The number of nitriles is 1. The average Bonchev–Trinajstić information content (AvgIpc) is 2.48. The minimum absolute atomic E-state index is 0.00100. The van der Waals surface area contributed by atoms with Gasteiger partial charge in [0.25, 0.3) is 0 Å². The number of piperidine rings is 1. The van der Waals surface area contributed by atoms with Gasteiger partial charge in [-0.2, -0.15) is 5.26 Å². The Morgan fingerprint density at radius 3 is 2.73 bits per heavy atom. The van der Waals surface area contributed by atoms with Crippen LogP contribution in [-0.4, -0.2) is 36.5 Å². The highest BCUT2D eigenvalue weighted by Crippen LogP contribution is 2.21. The zero-order chi connectivity index (χ0) is 15.9. The van der Waals surface area contributed by atoms with Gasteiger partial charge in [0.2, 0.25) is 5.91 Å². The first-order valence-corrected chi connectivity index (χ1v) is 8.02. The van der Waals surface area contributed by atoms with Crippen LogP contribution in [-0.2, 0) is 11.2 Å². The molecule has 2 rings (SSSR count). The molecule has 0 spiro atoms. The number of likely N-dealkylation sites (tertiary alicyclic amines) is 1. The normalized spacial score (nSPS) is 22.3. The lowest BCUT2D eigenvalue weighted by molar-refractivity contribution is -0.125. The lowest BCUT2D eigenvalue weighted by Crippen LogP contribution is -2.52. The molecule has 1 amide bonds. The summed E-state index contributed by atoms with van der Waals surface area (Å²) in [5, 5.41) is 12.1. The molecule has 2 unspecified atom stereocenters. The molecule has 1 aliphatic heterocycles. The van der Waals surface area contributed by atoms with E-state index in [1.54, 1.807) is 0 Å². The van der Waals surface area contributed by atoms with Crippen molar-refractivity contribution in [1.29, 1.82) is 5.26 Å². The third-order valence-electron chi connectivity index (χ3n) is 4.15. The number of amides is 1. The highest BCUT2D eigenvalue weighted by Gasteiger charge is 2.28. The Labute approximate surface area is 133 Å². The van der Waals surface area contributed by atoms with Gasteiger partial charge >= 0.3 is 0 Å². The summed E-state index contributed by atoms with van der Waals surface area (Å²) in [6.07, 6.45) is 1.98. The second-order valence-electron chi connectivity index (χ2n) is 6.50. The van der Waals surface area contributed by atoms with Crippen LogP contribution in [0.2, 0.25) is 0 Å². The van der Waals surface area contributed by atoms with E-state index < -0.39 is 0 Å². The lowest BCUT2D eigenvalue weighted by Gasteiger charge is -2.37. The van der Waals surface area contributed by atoms with Crippen molar-refractivity contribution in [2.75, 3.05) is 19.6 Å². The van der Waals surface area contributed by atoms with Gasteiger partial charge in [-0.05, 0) is 24.3 Å². The maximum Gasteiger partial charge on any atom is 0.222 e. The van der Waals surface area contributed by atoms with Gasteiger partial charge in [-0.25, -0.2) is 0 Å². The van der Waals surface area contributed by atoms with Crippen molar-refractivity contribution in [3.63, 3.8) is 0 Å². The van der Waals surface area contributed by atoms with Gasteiger partial charge < -0.3 is 5.32 Å². The third kappa shape index (κ3) is 4.85. The van der Waals surface area contributed by atoms with E-state index in [1.165, 1.54) is 5.56 Å². The lowest BCUT2D eigenvalue weighted by atomic mass is 9.88. The second kappa shape index (κ2) is 7.95. The average molecular weight is 299 g/mol. The number of hydrogen-bond donors (Lipinski definition) is 1. The van der Waals surface area contributed by atoms with E-state index in [9.17, 15) is 4.79 Å². The summed E-state index contributed by atoms with van der Waals surface area (Å²) in [6.45, 7) is 5.95. The van der Waals surface area contributed by atoms with Crippen LogP contribution in [0.1, 0.15) is 25.8 Å². The molecule has 0 radical (unpaired) electrons. The van der Waals surface area contributed by atoms with Crippen LogP contribution in [0.5, 0.6) is 0 Å². The summed E-state index contributed by atoms with van der Waals surface area (Å²) in [6, 6.07) is 12.8. The van der Waals surface area contributed by atoms with E-state index in [0.29, 0.717) is 12.5 Å². The van der Waals surface area contributed by atoms with E-state index in [4.69, 9.17) is 5.26 Å². The van der Waals surface area contributed by atoms with Crippen LogP contribution < -0.4 is 5.32 Å². The quantitative estimate of drug-likeness (QED) is 0.848. The Morgan fingerprint density at radius 1 is 1.36 bits per heavy atom. The van der Waals surface area contributed by atoms with E-state index in [2.05, 4.69) is 40.6 Å². The van der Waals surface area contributed by atoms with Gasteiger partial charge in [0, 0.05) is 25.0 Å².